The lowest BCUT2D eigenvalue weighted by atomic mass is 10.1. The van der Waals surface area contributed by atoms with Crippen LogP contribution in [0.2, 0.25) is 0 Å². The van der Waals surface area contributed by atoms with Gasteiger partial charge in [-0.3, -0.25) is 0 Å². The highest BCUT2D eigenvalue weighted by Crippen LogP contribution is 2.11. The third-order valence-electron chi connectivity index (χ3n) is 3.74. The molecule has 1 aromatic rings. The summed E-state index contributed by atoms with van der Waals surface area (Å²) in [6.45, 7) is 2.80. The van der Waals surface area contributed by atoms with Gasteiger partial charge in [-0.05, 0) is 18.6 Å². The number of para-hydroxylation sites is 1. The Morgan fingerprint density at radius 2 is 1.36 bits per heavy atom. The smallest absolute Gasteiger partial charge is 0.512 e. The lowest BCUT2D eigenvalue weighted by molar-refractivity contribution is 0.189. The molecule has 0 unspecified atom stereocenters. The molecule has 0 aromatic heterocycles. The van der Waals surface area contributed by atoms with Crippen LogP contribution in [-0.4, -0.2) is 19.0 Å². The average molecular weight is 306 g/mol. The molecule has 0 aliphatic rings. The molecule has 0 amide bonds. The molecule has 0 saturated heterocycles. The minimum atomic E-state index is -1.17. The molecule has 0 aliphatic heterocycles. The van der Waals surface area contributed by atoms with E-state index in [9.17, 15) is 5.02 Å². The van der Waals surface area contributed by atoms with Crippen molar-refractivity contribution >= 4 is 7.32 Å². The van der Waals surface area contributed by atoms with E-state index in [2.05, 4.69) is 6.92 Å². The molecule has 0 saturated carbocycles. The second-order valence-electron chi connectivity index (χ2n) is 5.79. The van der Waals surface area contributed by atoms with Gasteiger partial charge in [0.05, 0.1) is 0 Å². The van der Waals surface area contributed by atoms with Crippen molar-refractivity contribution in [3.05, 3.63) is 30.3 Å². The van der Waals surface area contributed by atoms with Crippen LogP contribution in [0.4, 0.5) is 0 Å². The number of unbranched alkanes of at least 4 members (excludes halogenated alkanes) is 9. The molecule has 4 heteroatoms. The van der Waals surface area contributed by atoms with Crippen LogP contribution in [0.5, 0.6) is 5.75 Å². The molecule has 0 heterocycles. The Kier molecular flexibility index (Phi) is 11.8. The number of benzene rings is 1. The number of rotatable bonds is 14. The molecule has 22 heavy (non-hydrogen) atoms. The largest absolute Gasteiger partial charge is 0.710 e. The minimum absolute atomic E-state index is 0.546. The predicted octanol–water partition coefficient (Wildman–Crippen LogP) is 4.98. The van der Waals surface area contributed by atoms with Crippen LogP contribution in [0.25, 0.3) is 0 Å². The van der Waals surface area contributed by atoms with Crippen LogP contribution in [0.15, 0.2) is 30.3 Å². The van der Waals surface area contributed by atoms with Gasteiger partial charge in [-0.1, -0.05) is 82.9 Å². The second kappa shape index (κ2) is 13.7. The first-order valence-electron chi connectivity index (χ1n) is 8.84. The zero-order valence-corrected chi connectivity index (χ0v) is 14.0. The van der Waals surface area contributed by atoms with E-state index in [0.717, 1.165) is 12.8 Å². The molecular formula is C18H31BO3. The molecule has 124 valence electrons. The summed E-state index contributed by atoms with van der Waals surface area (Å²) in [6, 6.07) is 9.23. The maximum absolute atomic E-state index is 9.60. The van der Waals surface area contributed by atoms with Crippen molar-refractivity contribution in [3.8, 4) is 5.75 Å². The zero-order chi connectivity index (χ0) is 15.9. The Hall–Kier alpha value is -0.995. The van der Waals surface area contributed by atoms with Crippen molar-refractivity contribution in [3.63, 3.8) is 0 Å². The van der Waals surface area contributed by atoms with Crippen LogP contribution in [0.1, 0.15) is 71.1 Å². The van der Waals surface area contributed by atoms with Gasteiger partial charge in [0.15, 0.2) is 0 Å². The fraction of sp³-hybridized carbons (Fsp3) is 0.667. The SMILES string of the molecule is CCCCCCCCCCCCOB(O)Oc1ccccc1. The van der Waals surface area contributed by atoms with E-state index < -0.39 is 7.32 Å². The lowest BCUT2D eigenvalue weighted by Gasteiger charge is -2.09. The van der Waals surface area contributed by atoms with Crippen molar-refractivity contribution in [1.29, 1.82) is 0 Å². The van der Waals surface area contributed by atoms with E-state index in [1.807, 2.05) is 18.2 Å². The summed E-state index contributed by atoms with van der Waals surface area (Å²) in [7, 11) is -1.17. The summed E-state index contributed by atoms with van der Waals surface area (Å²) < 4.78 is 10.5. The predicted molar refractivity (Wildman–Crippen MR) is 92.8 cm³/mol. The Morgan fingerprint density at radius 3 is 1.95 bits per heavy atom. The Bertz CT molecular complexity index is 345. The molecule has 1 N–H and O–H groups in total. The van der Waals surface area contributed by atoms with Gasteiger partial charge in [0.2, 0.25) is 0 Å². The Balaban J connectivity index is 1.85. The normalized spacial score (nSPS) is 10.6. The lowest BCUT2D eigenvalue weighted by Crippen LogP contribution is -2.26. The first-order chi connectivity index (χ1) is 10.8. The van der Waals surface area contributed by atoms with Gasteiger partial charge in [0, 0.05) is 6.61 Å². The monoisotopic (exact) mass is 306 g/mol. The standard InChI is InChI=1S/C18H31BO3/c1-2-3-4-5-6-7-8-9-10-14-17-21-19(20)22-18-15-12-11-13-16-18/h11-13,15-16,20H,2-10,14,17H2,1H3. The average Bonchev–Trinajstić information content (AvgIpc) is 2.53. The minimum Gasteiger partial charge on any atom is -0.512 e. The molecule has 0 radical (unpaired) electrons. The third kappa shape index (κ3) is 10.7. The molecule has 0 spiro atoms. The van der Waals surface area contributed by atoms with Gasteiger partial charge in [-0.15, -0.1) is 0 Å². The van der Waals surface area contributed by atoms with Crippen LogP contribution < -0.4 is 4.65 Å². The Morgan fingerprint density at radius 1 is 0.818 bits per heavy atom. The molecule has 1 aromatic carbocycles. The highest BCUT2D eigenvalue weighted by atomic mass is 16.7. The molecule has 3 nitrogen and oxygen atoms in total. The van der Waals surface area contributed by atoms with Crippen LogP contribution >= 0.6 is 0 Å². The van der Waals surface area contributed by atoms with Crippen LogP contribution in [0, 0.1) is 0 Å². The summed E-state index contributed by atoms with van der Waals surface area (Å²) in [5, 5.41) is 9.60. The highest BCUT2D eigenvalue weighted by Gasteiger charge is 2.17. The summed E-state index contributed by atoms with van der Waals surface area (Å²) >= 11 is 0. The number of hydrogen-bond donors (Lipinski definition) is 1. The van der Waals surface area contributed by atoms with E-state index in [-0.39, 0.29) is 0 Å². The van der Waals surface area contributed by atoms with E-state index in [1.54, 1.807) is 12.1 Å². The Labute approximate surface area is 136 Å². The van der Waals surface area contributed by atoms with Gasteiger partial charge in [0.1, 0.15) is 5.75 Å². The van der Waals surface area contributed by atoms with Crippen molar-refractivity contribution in [2.45, 2.75) is 71.1 Å². The fourth-order valence-corrected chi connectivity index (χ4v) is 2.42. The molecule has 1 rings (SSSR count). The van der Waals surface area contributed by atoms with Crippen LogP contribution in [-0.2, 0) is 4.65 Å². The quantitative estimate of drug-likeness (QED) is 0.389. The zero-order valence-electron chi connectivity index (χ0n) is 14.0. The fourth-order valence-electron chi connectivity index (χ4n) is 2.42. The first-order valence-corrected chi connectivity index (χ1v) is 8.84. The van der Waals surface area contributed by atoms with Crippen LogP contribution in [0.3, 0.4) is 0 Å². The molecular weight excluding hydrogens is 275 g/mol. The molecule has 0 bridgehead atoms. The van der Waals surface area contributed by atoms with Gasteiger partial charge in [0.25, 0.3) is 0 Å². The molecule has 0 fully saturated rings. The highest BCUT2D eigenvalue weighted by molar-refractivity contribution is 6.35. The van der Waals surface area contributed by atoms with E-state index in [4.69, 9.17) is 9.31 Å². The molecule has 0 aliphatic carbocycles. The third-order valence-corrected chi connectivity index (χ3v) is 3.74. The summed E-state index contributed by atoms with van der Waals surface area (Å²) in [5.41, 5.74) is 0. The number of hydrogen-bond acceptors (Lipinski definition) is 3. The first kappa shape index (κ1) is 19.1. The van der Waals surface area contributed by atoms with Crippen molar-refractivity contribution in [2.24, 2.45) is 0 Å². The topological polar surface area (TPSA) is 38.7 Å². The summed E-state index contributed by atoms with van der Waals surface area (Å²) in [4.78, 5) is 0. The van der Waals surface area contributed by atoms with E-state index >= 15 is 0 Å². The summed E-state index contributed by atoms with van der Waals surface area (Å²) in [6.07, 6.45) is 12.9. The summed E-state index contributed by atoms with van der Waals surface area (Å²) in [5.74, 6) is 0.623. The van der Waals surface area contributed by atoms with Gasteiger partial charge in [-0.25, -0.2) is 0 Å². The second-order valence-corrected chi connectivity index (χ2v) is 5.79. The maximum Gasteiger partial charge on any atom is 0.710 e. The van der Waals surface area contributed by atoms with Crippen molar-refractivity contribution in [2.75, 3.05) is 6.61 Å². The maximum atomic E-state index is 9.60. The van der Waals surface area contributed by atoms with Crippen molar-refractivity contribution in [1.82, 2.24) is 0 Å². The van der Waals surface area contributed by atoms with Crippen molar-refractivity contribution < 1.29 is 14.3 Å². The van der Waals surface area contributed by atoms with Gasteiger partial charge >= 0.3 is 7.32 Å². The van der Waals surface area contributed by atoms with Gasteiger partial charge in [-0.2, -0.15) is 0 Å². The van der Waals surface area contributed by atoms with E-state index in [0.29, 0.717) is 12.4 Å². The molecule has 0 atom stereocenters. The van der Waals surface area contributed by atoms with E-state index in [1.165, 1.54) is 51.4 Å². The van der Waals surface area contributed by atoms with Gasteiger partial charge < -0.3 is 14.3 Å².